The van der Waals surface area contributed by atoms with Gasteiger partial charge in [0.05, 0.1) is 6.26 Å². The Morgan fingerprint density at radius 1 is 1.36 bits per heavy atom. The summed E-state index contributed by atoms with van der Waals surface area (Å²) in [6.07, 6.45) is 3.43. The molecule has 2 heterocycles. The Morgan fingerprint density at radius 2 is 2.14 bits per heavy atom. The van der Waals surface area contributed by atoms with E-state index in [1.54, 1.807) is 12.1 Å². The van der Waals surface area contributed by atoms with Gasteiger partial charge in [-0.1, -0.05) is 11.6 Å². The summed E-state index contributed by atoms with van der Waals surface area (Å²) in [5, 5.41) is 9.96. The predicted octanol–water partition coefficient (Wildman–Crippen LogP) is 1.80. The van der Waals surface area contributed by atoms with Crippen molar-refractivity contribution in [3.8, 4) is 0 Å². The van der Waals surface area contributed by atoms with E-state index in [1.165, 1.54) is 18.7 Å². The van der Waals surface area contributed by atoms with Crippen molar-refractivity contribution in [2.45, 2.75) is 6.10 Å². The standard InChI is InChI=1S/C9H7ClN2O2/c10-9-7(11-3-4-12-9)8(13)6-2-1-5-14-6/h1-5,8,13H. The SMILES string of the molecule is OC(c1ccco1)c1nccnc1Cl. The molecule has 0 amide bonds. The number of halogens is 1. The van der Waals surface area contributed by atoms with E-state index in [2.05, 4.69) is 9.97 Å². The molecule has 5 heteroatoms. The third-order valence-electron chi connectivity index (χ3n) is 1.75. The van der Waals surface area contributed by atoms with E-state index in [0.717, 1.165) is 0 Å². The van der Waals surface area contributed by atoms with Crippen molar-refractivity contribution in [1.82, 2.24) is 9.97 Å². The first-order valence-electron chi connectivity index (χ1n) is 3.97. The van der Waals surface area contributed by atoms with Crippen LogP contribution in [0.5, 0.6) is 0 Å². The molecule has 2 rings (SSSR count). The fraction of sp³-hybridized carbons (Fsp3) is 0.111. The van der Waals surface area contributed by atoms with E-state index in [0.29, 0.717) is 11.5 Å². The summed E-state index contributed by atoms with van der Waals surface area (Å²) in [6, 6.07) is 3.33. The highest BCUT2D eigenvalue weighted by Crippen LogP contribution is 2.24. The van der Waals surface area contributed by atoms with E-state index >= 15 is 0 Å². The molecule has 72 valence electrons. The molecule has 0 radical (unpaired) electrons. The summed E-state index contributed by atoms with van der Waals surface area (Å²) in [7, 11) is 0. The highest BCUT2D eigenvalue weighted by molar-refractivity contribution is 6.30. The van der Waals surface area contributed by atoms with Crippen molar-refractivity contribution >= 4 is 11.6 Å². The Bertz CT molecular complexity index is 417. The summed E-state index contributed by atoms with van der Waals surface area (Å²) >= 11 is 5.76. The number of rotatable bonds is 2. The van der Waals surface area contributed by atoms with E-state index in [1.807, 2.05) is 0 Å². The van der Waals surface area contributed by atoms with Crippen molar-refractivity contribution in [2.24, 2.45) is 0 Å². The van der Waals surface area contributed by atoms with E-state index in [-0.39, 0.29) is 5.15 Å². The van der Waals surface area contributed by atoms with E-state index in [4.69, 9.17) is 16.0 Å². The summed E-state index contributed by atoms with van der Waals surface area (Å²) < 4.78 is 5.03. The molecule has 2 aromatic rings. The van der Waals surface area contributed by atoms with Gasteiger partial charge in [0.1, 0.15) is 11.5 Å². The van der Waals surface area contributed by atoms with Gasteiger partial charge in [-0.2, -0.15) is 0 Å². The number of furan rings is 1. The molecule has 1 N–H and O–H groups in total. The molecule has 1 atom stereocenters. The zero-order chi connectivity index (χ0) is 9.97. The summed E-state index contributed by atoms with van der Waals surface area (Å²) in [5.74, 6) is 0.396. The smallest absolute Gasteiger partial charge is 0.156 e. The summed E-state index contributed by atoms with van der Waals surface area (Å²) in [5.41, 5.74) is 0.295. The molecular formula is C9H7ClN2O2. The minimum atomic E-state index is -0.966. The number of aliphatic hydroxyl groups is 1. The third kappa shape index (κ3) is 1.62. The molecule has 2 aromatic heterocycles. The van der Waals surface area contributed by atoms with Crippen LogP contribution in [0.25, 0.3) is 0 Å². The molecule has 0 saturated carbocycles. The van der Waals surface area contributed by atoms with Crippen molar-refractivity contribution in [1.29, 1.82) is 0 Å². The molecule has 1 unspecified atom stereocenters. The molecular weight excluding hydrogens is 204 g/mol. The van der Waals surface area contributed by atoms with Crippen LogP contribution < -0.4 is 0 Å². The van der Waals surface area contributed by atoms with Crippen LogP contribution in [0.15, 0.2) is 35.2 Å². The number of aromatic nitrogens is 2. The van der Waals surface area contributed by atoms with Gasteiger partial charge in [-0.05, 0) is 12.1 Å². The van der Waals surface area contributed by atoms with Crippen LogP contribution in [0.2, 0.25) is 5.15 Å². The second-order valence-corrected chi connectivity index (χ2v) is 3.01. The highest BCUT2D eigenvalue weighted by atomic mass is 35.5. The van der Waals surface area contributed by atoms with Gasteiger partial charge in [0.2, 0.25) is 0 Å². The molecule has 0 fully saturated rings. The quantitative estimate of drug-likeness (QED) is 0.821. The van der Waals surface area contributed by atoms with Crippen LogP contribution >= 0.6 is 11.6 Å². The van der Waals surface area contributed by atoms with Crippen LogP contribution in [0.3, 0.4) is 0 Å². The lowest BCUT2D eigenvalue weighted by molar-refractivity contribution is 0.184. The summed E-state index contributed by atoms with van der Waals surface area (Å²) in [6.45, 7) is 0. The number of nitrogens with zero attached hydrogens (tertiary/aromatic N) is 2. The minimum Gasteiger partial charge on any atom is -0.466 e. The lowest BCUT2D eigenvalue weighted by atomic mass is 10.2. The molecule has 0 aromatic carbocycles. The normalized spacial score (nSPS) is 12.7. The Morgan fingerprint density at radius 3 is 2.79 bits per heavy atom. The maximum absolute atomic E-state index is 9.78. The van der Waals surface area contributed by atoms with Gasteiger partial charge in [-0.15, -0.1) is 0 Å². The first-order valence-corrected chi connectivity index (χ1v) is 4.34. The van der Waals surface area contributed by atoms with Gasteiger partial charge in [0.25, 0.3) is 0 Å². The maximum atomic E-state index is 9.78. The molecule has 14 heavy (non-hydrogen) atoms. The largest absolute Gasteiger partial charge is 0.466 e. The molecule has 0 aliphatic rings. The molecule has 0 saturated heterocycles. The Labute approximate surface area is 85.2 Å². The van der Waals surface area contributed by atoms with Gasteiger partial charge in [0.15, 0.2) is 11.3 Å². The topological polar surface area (TPSA) is 59.2 Å². The third-order valence-corrected chi connectivity index (χ3v) is 2.04. The molecule has 4 nitrogen and oxygen atoms in total. The van der Waals surface area contributed by atoms with Crippen LogP contribution in [0.4, 0.5) is 0 Å². The van der Waals surface area contributed by atoms with Crippen molar-refractivity contribution in [3.63, 3.8) is 0 Å². The molecule has 0 aliphatic carbocycles. The lowest BCUT2D eigenvalue weighted by Crippen LogP contribution is -2.02. The Hall–Kier alpha value is -1.39. The number of hydrogen-bond donors (Lipinski definition) is 1. The summed E-state index contributed by atoms with van der Waals surface area (Å²) in [4.78, 5) is 7.74. The fourth-order valence-electron chi connectivity index (χ4n) is 1.10. The van der Waals surface area contributed by atoms with Crippen LogP contribution in [-0.4, -0.2) is 15.1 Å². The lowest BCUT2D eigenvalue weighted by Gasteiger charge is -2.07. The number of aliphatic hydroxyl groups excluding tert-OH is 1. The van der Waals surface area contributed by atoms with Crippen LogP contribution in [-0.2, 0) is 0 Å². The first kappa shape index (κ1) is 9.18. The zero-order valence-corrected chi connectivity index (χ0v) is 7.85. The van der Waals surface area contributed by atoms with Crippen molar-refractivity contribution in [3.05, 3.63) is 47.4 Å². The second kappa shape index (κ2) is 3.77. The Balaban J connectivity index is 2.37. The molecule has 0 bridgehead atoms. The van der Waals surface area contributed by atoms with Gasteiger partial charge in [0, 0.05) is 12.4 Å². The van der Waals surface area contributed by atoms with Crippen molar-refractivity contribution in [2.75, 3.05) is 0 Å². The van der Waals surface area contributed by atoms with Gasteiger partial charge < -0.3 is 9.52 Å². The van der Waals surface area contributed by atoms with Crippen LogP contribution in [0.1, 0.15) is 17.6 Å². The van der Waals surface area contributed by atoms with E-state index < -0.39 is 6.10 Å². The first-order chi connectivity index (χ1) is 6.79. The average molecular weight is 211 g/mol. The molecule has 0 spiro atoms. The van der Waals surface area contributed by atoms with Gasteiger partial charge >= 0.3 is 0 Å². The van der Waals surface area contributed by atoms with Crippen molar-refractivity contribution < 1.29 is 9.52 Å². The van der Waals surface area contributed by atoms with Gasteiger partial charge in [-0.3, -0.25) is 4.98 Å². The van der Waals surface area contributed by atoms with E-state index in [9.17, 15) is 5.11 Å². The number of hydrogen-bond acceptors (Lipinski definition) is 4. The molecule has 0 aliphatic heterocycles. The highest BCUT2D eigenvalue weighted by Gasteiger charge is 2.18. The zero-order valence-electron chi connectivity index (χ0n) is 7.09. The maximum Gasteiger partial charge on any atom is 0.156 e. The minimum absolute atomic E-state index is 0.177. The second-order valence-electron chi connectivity index (χ2n) is 2.65. The fourth-order valence-corrected chi connectivity index (χ4v) is 1.31. The predicted molar refractivity (Wildman–Crippen MR) is 49.8 cm³/mol. The van der Waals surface area contributed by atoms with Gasteiger partial charge in [-0.25, -0.2) is 4.98 Å². The monoisotopic (exact) mass is 210 g/mol. The Kier molecular flexibility index (Phi) is 2.47. The average Bonchev–Trinajstić information content (AvgIpc) is 2.70. The van der Waals surface area contributed by atoms with Crippen LogP contribution in [0, 0.1) is 0 Å².